The van der Waals surface area contributed by atoms with Crippen LogP contribution in [0.2, 0.25) is 0 Å². The van der Waals surface area contributed by atoms with Crippen LogP contribution in [-0.2, 0) is 0 Å². The van der Waals surface area contributed by atoms with Crippen LogP contribution in [0.3, 0.4) is 0 Å². The summed E-state index contributed by atoms with van der Waals surface area (Å²) in [5.41, 5.74) is 13.4. The third-order valence-corrected chi connectivity index (χ3v) is 5.35. The van der Waals surface area contributed by atoms with E-state index in [0.717, 1.165) is 5.39 Å². The molecule has 0 atom stereocenters. The summed E-state index contributed by atoms with van der Waals surface area (Å²) in [4.78, 5) is 23.6. The highest BCUT2D eigenvalue weighted by atomic mass is 16.5. The van der Waals surface area contributed by atoms with Crippen molar-refractivity contribution < 1.29 is 24.2 Å². The number of phenolic OH excluding ortho intramolecular Hbond substituents is 1. The number of nitrogen functional groups attached to an aromatic ring is 2. The number of ether oxygens (including phenoxy) is 2. The number of hydrogen-bond donors (Lipinski definition) is 5. The third-order valence-electron chi connectivity index (χ3n) is 5.35. The molecule has 186 valence electrons. The van der Waals surface area contributed by atoms with E-state index in [1.165, 1.54) is 7.11 Å². The largest absolute Gasteiger partial charge is 0.505 e. The van der Waals surface area contributed by atoms with Crippen LogP contribution >= 0.6 is 0 Å². The maximum absolute atomic E-state index is 12.5. The first kappa shape index (κ1) is 25.7. The molecular formula is C27H28N4O5. The van der Waals surface area contributed by atoms with Crippen LogP contribution in [0.25, 0.3) is 10.8 Å². The zero-order valence-electron chi connectivity index (χ0n) is 20.2. The van der Waals surface area contributed by atoms with Crippen LogP contribution in [0.5, 0.6) is 17.2 Å². The van der Waals surface area contributed by atoms with Crippen LogP contribution in [0, 0.1) is 0 Å². The number of amides is 2. The van der Waals surface area contributed by atoms with Crippen molar-refractivity contribution >= 4 is 39.6 Å². The number of anilines is 3. The van der Waals surface area contributed by atoms with E-state index < -0.39 is 5.91 Å². The van der Waals surface area contributed by atoms with E-state index in [1.54, 1.807) is 68.8 Å². The van der Waals surface area contributed by atoms with Gasteiger partial charge in [-0.3, -0.25) is 9.59 Å². The Hall–Kier alpha value is -4.92. The van der Waals surface area contributed by atoms with Crippen molar-refractivity contribution in [3.63, 3.8) is 0 Å². The smallest absolute Gasteiger partial charge is 0.259 e. The van der Waals surface area contributed by atoms with Gasteiger partial charge in [0.1, 0.15) is 11.5 Å². The molecule has 0 fully saturated rings. The maximum Gasteiger partial charge on any atom is 0.259 e. The third kappa shape index (κ3) is 5.76. The fourth-order valence-electron chi connectivity index (χ4n) is 3.46. The number of nitrogens with two attached hydrogens (primary N) is 2. The maximum atomic E-state index is 12.5. The van der Waals surface area contributed by atoms with Crippen LogP contribution < -0.4 is 31.6 Å². The number of benzene rings is 4. The number of fused-ring (bicyclic) bond motifs is 1. The standard InChI is InChI=1S/C18H16N2O3.C9H12N2O2/c1-23-13-7-4-6-12(10-13)20-18(22)15-9-11-5-2-3-8-14(11)16(19)17(15)21;1-11-9(12)6-3-4-8(13-2)7(10)5-6/h2-10,21H,19H2,1H3,(H,20,22);3-5H,10H2,1-2H3,(H,11,12). The van der Waals surface area contributed by atoms with Gasteiger partial charge in [0.05, 0.1) is 31.2 Å². The minimum atomic E-state index is -0.437. The van der Waals surface area contributed by atoms with E-state index in [9.17, 15) is 14.7 Å². The van der Waals surface area contributed by atoms with Gasteiger partial charge in [-0.1, -0.05) is 30.3 Å². The fourth-order valence-corrected chi connectivity index (χ4v) is 3.46. The van der Waals surface area contributed by atoms with Gasteiger partial charge >= 0.3 is 0 Å². The average molecular weight is 489 g/mol. The van der Waals surface area contributed by atoms with Gasteiger partial charge < -0.3 is 36.7 Å². The fraction of sp³-hybridized carbons (Fsp3) is 0.111. The van der Waals surface area contributed by atoms with E-state index in [4.69, 9.17) is 20.9 Å². The van der Waals surface area contributed by atoms with Crippen molar-refractivity contribution in [1.82, 2.24) is 5.32 Å². The SMILES string of the molecule is CNC(=O)c1ccc(OC)c(N)c1.COc1cccc(NC(=O)c2cc3ccccc3c(N)c2O)c1. The zero-order valence-corrected chi connectivity index (χ0v) is 20.2. The second kappa shape index (κ2) is 11.5. The minimum absolute atomic E-state index is 0.129. The van der Waals surface area contributed by atoms with Gasteiger partial charge in [-0.25, -0.2) is 0 Å². The van der Waals surface area contributed by atoms with Crippen molar-refractivity contribution in [3.05, 3.63) is 83.9 Å². The molecule has 0 saturated heterocycles. The van der Waals surface area contributed by atoms with Gasteiger partial charge in [0, 0.05) is 29.8 Å². The molecule has 4 aromatic carbocycles. The molecule has 0 aliphatic carbocycles. The van der Waals surface area contributed by atoms with Crippen molar-refractivity contribution in [2.45, 2.75) is 0 Å². The first-order valence-corrected chi connectivity index (χ1v) is 10.9. The summed E-state index contributed by atoms with van der Waals surface area (Å²) in [5.74, 6) is 0.393. The van der Waals surface area contributed by atoms with E-state index in [0.29, 0.717) is 33.8 Å². The lowest BCUT2D eigenvalue weighted by Crippen LogP contribution is -2.17. The van der Waals surface area contributed by atoms with E-state index in [-0.39, 0.29) is 22.9 Å². The van der Waals surface area contributed by atoms with Crippen molar-refractivity contribution in [2.75, 3.05) is 38.1 Å². The normalized spacial score (nSPS) is 10.1. The lowest BCUT2D eigenvalue weighted by molar-refractivity contribution is 0.0962. The number of carbonyl (C=O) groups is 2. The zero-order chi connectivity index (χ0) is 26.2. The highest BCUT2D eigenvalue weighted by Gasteiger charge is 2.16. The molecule has 0 radical (unpaired) electrons. The van der Waals surface area contributed by atoms with Crippen molar-refractivity contribution in [3.8, 4) is 17.2 Å². The molecular weight excluding hydrogens is 460 g/mol. The molecule has 0 unspecified atom stereocenters. The Morgan fingerprint density at radius 3 is 2.28 bits per heavy atom. The number of aromatic hydroxyl groups is 1. The highest BCUT2D eigenvalue weighted by Crippen LogP contribution is 2.34. The average Bonchev–Trinajstić information content (AvgIpc) is 2.90. The molecule has 4 aromatic rings. The van der Waals surface area contributed by atoms with Crippen LogP contribution in [0.15, 0.2) is 72.8 Å². The van der Waals surface area contributed by atoms with Crippen molar-refractivity contribution in [2.24, 2.45) is 0 Å². The summed E-state index contributed by atoms with van der Waals surface area (Å²) in [5, 5.41) is 17.0. The van der Waals surface area contributed by atoms with Gasteiger partial charge in [0.15, 0.2) is 5.75 Å². The summed E-state index contributed by atoms with van der Waals surface area (Å²) < 4.78 is 10.1. The molecule has 0 aliphatic rings. The van der Waals surface area contributed by atoms with Crippen LogP contribution in [0.1, 0.15) is 20.7 Å². The van der Waals surface area contributed by atoms with E-state index >= 15 is 0 Å². The van der Waals surface area contributed by atoms with Crippen LogP contribution in [-0.4, -0.2) is 38.2 Å². The molecule has 0 bridgehead atoms. The minimum Gasteiger partial charge on any atom is -0.505 e. The van der Waals surface area contributed by atoms with Crippen LogP contribution in [0.4, 0.5) is 17.1 Å². The number of nitrogens with one attached hydrogen (secondary N) is 2. The number of phenols is 1. The summed E-state index contributed by atoms with van der Waals surface area (Å²) in [6.45, 7) is 0. The Kier molecular flexibility index (Phi) is 8.19. The molecule has 0 spiro atoms. The summed E-state index contributed by atoms with van der Waals surface area (Å²) in [6.07, 6.45) is 0. The van der Waals surface area contributed by atoms with Gasteiger partial charge in [-0.2, -0.15) is 0 Å². The van der Waals surface area contributed by atoms with Gasteiger partial charge in [0.2, 0.25) is 0 Å². The Morgan fingerprint density at radius 2 is 1.61 bits per heavy atom. The molecule has 9 nitrogen and oxygen atoms in total. The number of carbonyl (C=O) groups excluding carboxylic acids is 2. The molecule has 0 saturated carbocycles. The Balaban J connectivity index is 0.000000236. The van der Waals surface area contributed by atoms with Gasteiger partial charge in [-0.05, 0) is 41.8 Å². The molecule has 0 aliphatic heterocycles. The first-order chi connectivity index (χ1) is 17.3. The van der Waals surface area contributed by atoms with Crippen molar-refractivity contribution in [1.29, 1.82) is 0 Å². The summed E-state index contributed by atoms with van der Waals surface area (Å²) in [7, 11) is 4.66. The lowest BCUT2D eigenvalue weighted by atomic mass is 10.0. The highest BCUT2D eigenvalue weighted by molar-refractivity contribution is 6.11. The van der Waals surface area contributed by atoms with Gasteiger partial charge in [-0.15, -0.1) is 0 Å². The number of methoxy groups -OCH3 is 2. The molecule has 0 aromatic heterocycles. The molecule has 4 rings (SSSR count). The topological polar surface area (TPSA) is 149 Å². The quantitative estimate of drug-likeness (QED) is 0.210. The summed E-state index contributed by atoms with van der Waals surface area (Å²) >= 11 is 0. The predicted octanol–water partition coefficient (Wildman–Crippen LogP) is 4.03. The molecule has 0 heterocycles. The second-order valence-electron chi connectivity index (χ2n) is 7.63. The molecule has 7 N–H and O–H groups in total. The Labute approximate surface area is 208 Å². The monoisotopic (exact) mass is 488 g/mol. The number of rotatable bonds is 5. The number of hydrogen-bond acceptors (Lipinski definition) is 7. The molecule has 9 heteroatoms. The van der Waals surface area contributed by atoms with Gasteiger partial charge in [0.25, 0.3) is 11.8 Å². The van der Waals surface area contributed by atoms with E-state index in [2.05, 4.69) is 10.6 Å². The first-order valence-electron chi connectivity index (χ1n) is 10.9. The predicted molar refractivity (Wildman–Crippen MR) is 142 cm³/mol. The molecule has 36 heavy (non-hydrogen) atoms. The Morgan fingerprint density at radius 1 is 0.861 bits per heavy atom. The van der Waals surface area contributed by atoms with E-state index in [1.807, 2.05) is 18.2 Å². The molecule has 2 amide bonds. The Bertz CT molecular complexity index is 1400. The summed E-state index contributed by atoms with van der Waals surface area (Å²) in [6, 6.07) is 20.8. The lowest BCUT2D eigenvalue weighted by Gasteiger charge is -2.11. The second-order valence-corrected chi connectivity index (χ2v) is 7.63.